The summed E-state index contributed by atoms with van der Waals surface area (Å²) in [6.07, 6.45) is 2.45. The Morgan fingerprint density at radius 1 is 1.32 bits per heavy atom. The van der Waals surface area contributed by atoms with E-state index in [0.717, 1.165) is 44.9 Å². The highest BCUT2D eigenvalue weighted by atomic mass is 35.5. The van der Waals surface area contributed by atoms with E-state index in [9.17, 15) is 0 Å². The molecule has 0 aromatic carbocycles. The molecule has 0 amide bonds. The van der Waals surface area contributed by atoms with Gasteiger partial charge in [0.05, 0.1) is 12.7 Å². The van der Waals surface area contributed by atoms with Crippen LogP contribution in [0, 0.1) is 0 Å². The molecule has 1 aromatic rings. The molecule has 0 unspecified atom stereocenters. The molecule has 1 aliphatic rings. The van der Waals surface area contributed by atoms with E-state index in [0.29, 0.717) is 11.3 Å². The highest BCUT2D eigenvalue weighted by Crippen LogP contribution is 2.19. The van der Waals surface area contributed by atoms with Gasteiger partial charge in [0.1, 0.15) is 0 Å². The number of rotatable bonds is 5. The maximum Gasteiger partial charge on any atom is 0.151 e. The van der Waals surface area contributed by atoms with Gasteiger partial charge < -0.3 is 14.5 Å². The van der Waals surface area contributed by atoms with Gasteiger partial charge in [0.2, 0.25) is 0 Å². The molecule has 0 atom stereocenters. The van der Waals surface area contributed by atoms with Crippen LogP contribution in [0.5, 0.6) is 0 Å². The third kappa shape index (κ3) is 4.60. The van der Waals surface area contributed by atoms with Crippen molar-refractivity contribution in [3.8, 4) is 0 Å². The Morgan fingerprint density at radius 3 is 2.63 bits per heavy atom. The maximum absolute atomic E-state index is 5.87. The van der Waals surface area contributed by atoms with Gasteiger partial charge in [0, 0.05) is 19.6 Å². The Morgan fingerprint density at radius 2 is 2.05 bits per heavy atom. The van der Waals surface area contributed by atoms with Crippen molar-refractivity contribution in [3.05, 3.63) is 17.3 Å². The van der Waals surface area contributed by atoms with Crippen molar-refractivity contribution in [3.63, 3.8) is 0 Å². The molecule has 0 N–H and O–H groups in total. The predicted octanol–water partition coefficient (Wildman–Crippen LogP) is 1.68. The molecule has 0 spiro atoms. The van der Waals surface area contributed by atoms with Gasteiger partial charge in [-0.1, -0.05) is 11.6 Å². The standard InChI is InChI=1S/C13H21ClN4O/c1-17(2)9-10-19-11-5-7-18(8-6-11)13-4-3-12(14)15-16-13/h3-4,11H,5-10H2,1-2H3. The third-order valence-electron chi connectivity index (χ3n) is 3.28. The number of hydrogen-bond donors (Lipinski definition) is 0. The molecule has 106 valence electrons. The Hall–Kier alpha value is -0.910. The summed E-state index contributed by atoms with van der Waals surface area (Å²) in [6, 6.07) is 3.70. The van der Waals surface area contributed by atoms with Crippen molar-refractivity contribution < 1.29 is 4.74 Å². The first-order valence-electron chi connectivity index (χ1n) is 6.65. The summed E-state index contributed by atoms with van der Waals surface area (Å²) in [5.41, 5.74) is 0. The minimum Gasteiger partial charge on any atom is -0.377 e. The Labute approximate surface area is 119 Å². The fraction of sp³-hybridized carbons (Fsp3) is 0.692. The summed E-state index contributed by atoms with van der Waals surface area (Å²) in [5, 5.41) is 8.42. The zero-order valence-corrected chi connectivity index (χ0v) is 12.3. The molecule has 0 aliphatic carbocycles. The summed E-state index contributed by atoms with van der Waals surface area (Å²) in [7, 11) is 4.12. The van der Waals surface area contributed by atoms with Crippen LogP contribution >= 0.6 is 11.6 Å². The molecule has 0 bridgehead atoms. The van der Waals surface area contributed by atoms with Crippen molar-refractivity contribution >= 4 is 17.4 Å². The van der Waals surface area contributed by atoms with E-state index in [2.05, 4.69) is 34.1 Å². The van der Waals surface area contributed by atoms with Gasteiger partial charge in [-0.2, -0.15) is 0 Å². The fourth-order valence-corrected chi connectivity index (χ4v) is 2.23. The number of aromatic nitrogens is 2. The van der Waals surface area contributed by atoms with Gasteiger partial charge >= 0.3 is 0 Å². The Kier molecular flexibility index (Phi) is 5.36. The molecule has 0 saturated carbocycles. The van der Waals surface area contributed by atoms with Crippen LogP contribution in [0.1, 0.15) is 12.8 Å². The SMILES string of the molecule is CN(C)CCOC1CCN(c2ccc(Cl)nn2)CC1. The first-order chi connectivity index (χ1) is 9.15. The van der Waals surface area contributed by atoms with Crippen LogP contribution < -0.4 is 4.90 Å². The first-order valence-corrected chi connectivity index (χ1v) is 7.03. The molecule has 0 radical (unpaired) electrons. The van der Waals surface area contributed by atoms with Crippen molar-refractivity contribution in [2.24, 2.45) is 0 Å². The lowest BCUT2D eigenvalue weighted by atomic mass is 10.1. The number of anilines is 1. The first kappa shape index (κ1) is 14.5. The van der Waals surface area contributed by atoms with Crippen LogP contribution in [0.2, 0.25) is 5.15 Å². The largest absolute Gasteiger partial charge is 0.377 e. The summed E-state index contributed by atoms with van der Waals surface area (Å²) in [6.45, 7) is 3.70. The molecule has 1 saturated heterocycles. The van der Waals surface area contributed by atoms with E-state index in [4.69, 9.17) is 16.3 Å². The maximum atomic E-state index is 5.87. The topological polar surface area (TPSA) is 41.5 Å². The zero-order valence-electron chi connectivity index (χ0n) is 11.5. The van der Waals surface area contributed by atoms with Gasteiger partial charge in [-0.25, -0.2) is 0 Å². The van der Waals surface area contributed by atoms with Crippen LogP contribution in [0.15, 0.2) is 12.1 Å². The summed E-state index contributed by atoms with van der Waals surface area (Å²) < 4.78 is 5.87. The average molecular weight is 285 g/mol. The fourth-order valence-electron chi connectivity index (χ4n) is 2.13. The Bertz CT molecular complexity index is 377. The quantitative estimate of drug-likeness (QED) is 0.823. The smallest absolute Gasteiger partial charge is 0.151 e. The van der Waals surface area contributed by atoms with E-state index < -0.39 is 0 Å². The lowest BCUT2D eigenvalue weighted by Gasteiger charge is -2.32. The van der Waals surface area contributed by atoms with Crippen LogP contribution in [0.3, 0.4) is 0 Å². The van der Waals surface area contributed by atoms with Crippen LogP contribution in [-0.2, 0) is 4.74 Å². The molecule has 5 nitrogen and oxygen atoms in total. The van der Waals surface area contributed by atoms with Crippen LogP contribution in [0.25, 0.3) is 0 Å². The second-order valence-corrected chi connectivity index (χ2v) is 5.46. The Balaban J connectivity index is 1.74. The molecule has 1 fully saturated rings. The van der Waals surface area contributed by atoms with Crippen LogP contribution in [0.4, 0.5) is 5.82 Å². The number of nitrogens with zero attached hydrogens (tertiary/aromatic N) is 4. The van der Waals surface area contributed by atoms with Crippen LogP contribution in [-0.4, -0.2) is 61.5 Å². The van der Waals surface area contributed by atoms with E-state index in [-0.39, 0.29) is 0 Å². The second kappa shape index (κ2) is 7.03. The van der Waals surface area contributed by atoms with E-state index in [1.807, 2.05) is 6.07 Å². The van der Waals surface area contributed by atoms with Gasteiger partial charge in [0.25, 0.3) is 0 Å². The molecule has 2 rings (SSSR count). The molecule has 19 heavy (non-hydrogen) atoms. The van der Waals surface area contributed by atoms with Crippen molar-refractivity contribution in [2.75, 3.05) is 45.2 Å². The highest BCUT2D eigenvalue weighted by molar-refractivity contribution is 6.29. The van der Waals surface area contributed by atoms with Gasteiger partial charge in [-0.15, -0.1) is 10.2 Å². The minimum absolute atomic E-state index is 0.372. The van der Waals surface area contributed by atoms with Crippen molar-refractivity contribution in [1.82, 2.24) is 15.1 Å². The number of piperidine rings is 1. The summed E-state index contributed by atoms with van der Waals surface area (Å²) >= 11 is 5.74. The number of likely N-dealkylation sites (N-methyl/N-ethyl adjacent to an activating group) is 1. The summed E-state index contributed by atoms with van der Waals surface area (Å²) in [5.74, 6) is 0.899. The van der Waals surface area contributed by atoms with Crippen molar-refractivity contribution in [1.29, 1.82) is 0 Å². The highest BCUT2D eigenvalue weighted by Gasteiger charge is 2.20. The molecular weight excluding hydrogens is 264 g/mol. The predicted molar refractivity (Wildman–Crippen MR) is 76.8 cm³/mol. The van der Waals surface area contributed by atoms with E-state index in [1.54, 1.807) is 6.07 Å². The second-order valence-electron chi connectivity index (χ2n) is 5.07. The number of halogens is 1. The minimum atomic E-state index is 0.372. The van der Waals surface area contributed by atoms with Gasteiger partial charge in [-0.05, 0) is 39.1 Å². The number of ether oxygens (including phenoxy) is 1. The lowest BCUT2D eigenvalue weighted by molar-refractivity contribution is 0.0293. The van der Waals surface area contributed by atoms with Gasteiger partial charge in [-0.3, -0.25) is 0 Å². The zero-order chi connectivity index (χ0) is 13.7. The van der Waals surface area contributed by atoms with E-state index >= 15 is 0 Å². The van der Waals surface area contributed by atoms with Crippen molar-refractivity contribution in [2.45, 2.75) is 18.9 Å². The molecular formula is C13H21ClN4O. The summed E-state index contributed by atoms with van der Waals surface area (Å²) in [4.78, 5) is 4.37. The monoisotopic (exact) mass is 284 g/mol. The van der Waals surface area contributed by atoms with E-state index in [1.165, 1.54) is 0 Å². The molecule has 2 heterocycles. The lowest BCUT2D eigenvalue weighted by Crippen LogP contribution is -2.38. The van der Waals surface area contributed by atoms with Gasteiger partial charge in [0.15, 0.2) is 11.0 Å². The molecule has 6 heteroatoms. The molecule has 1 aromatic heterocycles. The number of hydrogen-bond acceptors (Lipinski definition) is 5. The normalized spacial score (nSPS) is 17.2. The molecule has 1 aliphatic heterocycles. The average Bonchev–Trinajstić information content (AvgIpc) is 2.40. The third-order valence-corrected chi connectivity index (χ3v) is 3.48.